The molecule has 1 rings (SSSR count). The summed E-state index contributed by atoms with van der Waals surface area (Å²) in [6.45, 7) is 3.80. The highest BCUT2D eigenvalue weighted by Gasteiger charge is 2.13. The second kappa shape index (κ2) is 7.69. The van der Waals surface area contributed by atoms with Crippen LogP contribution >= 0.6 is 0 Å². The molecule has 1 fully saturated rings. The SMILES string of the molecule is CCCCNC(=O)CCNC1CCCC1. The van der Waals surface area contributed by atoms with E-state index in [2.05, 4.69) is 17.6 Å². The Labute approximate surface area is 93.0 Å². The van der Waals surface area contributed by atoms with E-state index in [9.17, 15) is 4.79 Å². The van der Waals surface area contributed by atoms with Crippen LogP contribution < -0.4 is 10.6 Å². The Kier molecular flexibility index (Phi) is 6.41. The predicted molar refractivity (Wildman–Crippen MR) is 62.8 cm³/mol. The fraction of sp³-hybridized carbons (Fsp3) is 0.917. The van der Waals surface area contributed by atoms with Gasteiger partial charge in [0, 0.05) is 25.6 Å². The normalized spacial score (nSPS) is 16.9. The van der Waals surface area contributed by atoms with Crippen LogP contribution in [0, 0.1) is 0 Å². The lowest BCUT2D eigenvalue weighted by molar-refractivity contribution is -0.121. The average Bonchev–Trinajstić information content (AvgIpc) is 2.71. The van der Waals surface area contributed by atoms with Crippen molar-refractivity contribution < 1.29 is 4.79 Å². The Hall–Kier alpha value is -0.570. The van der Waals surface area contributed by atoms with Gasteiger partial charge in [-0.2, -0.15) is 0 Å². The maximum absolute atomic E-state index is 11.3. The van der Waals surface area contributed by atoms with Gasteiger partial charge in [-0.1, -0.05) is 26.2 Å². The number of carbonyl (C=O) groups is 1. The third kappa shape index (κ3) is 5.78. The highest BCUT2D eigenvalue weighted by Crippen LogP contribution is 2.17. The van der Waals surface area contributed by atoms with Crippen LogP contribution in [0.5, 0.6) is 0 Å². The summed E-state index contributed by atoms with van der Waals surface area (Å²) in [7, 11) is 0. The summed E-state index contributed by atoms with van der Waals surface area (Å²) < 4.78 is 0. The fourth-order valence-electron chi connectivity index (χ4n) is 2.01. The van der Waals surface area contributed by atoms with E-state index in [1.165, 1.54) is 25.7 Å². The number of amides is 1. The van der Waals surface area contributed by atoms with Crippen LogP contribution in [-0.2, 0) is 4.79 Å². The minimum atomic E-state index is 0.189. The van der Waals surface area contributed by atoms with Gasteiger partial charge in [0.2, 0.25) is 5.91 Å². The van der Waals surface area contributed by atoms with Crippen molar-refractivity contribution in [1.82, 2.24) is 10.6 Å². The van der Waals surface area contributed by atoms with Crippen LogP contribution in [0.4, 0.5) is 0 Å². The van der Waals surface area contributed by atoms with Crippen molar-refractivity contribution in [3.05, 3.63) is 0 Å². The van der Waals surface area contributed by atoms with E-state index < -0.39 is 0 Å². The molecule has 0 atom stereocenters. The maximum atomic E-state index is 11.3. The van der Waals surface area contributed by atoms with E-state index in [1.54, 1.807) is 0 Å². The maximum Gasteiger partial charge on any atom is 0.221 e. The molecule has 0 unspecified atom stereocenters. The minimum absolute atomic E-state index is 0.189. The monoisotopic (exact) mass is 212 g/mol. The first-order valence-electron chi connectivity index (χ1n) is 6.33. The van der Waals surface area contributed by atoms with Crippen molar-refractivity contribution in [1.29, 1.82) is 0 Å². The fourth-order valence-corrected chi connectivity index (χ4v) is 2.01. The first kappa shape index (κ1) is 12.5. The molecule has 0 saturated heterocycles. The number of hydrogen-bond donors (Lipinski definition) is 2. The minimum Gasteiger partial charge on any atom is -0.356 e. The first-order valence-corrected chi connectivity index (χ1v) is 6.33. The molecule has 3 nitrogen and oxygen atoms in total. The molecule has 0 aromatic heterocycles. The van der Waals surface area contributed by atoms with Crippen LogP contribution in [0.1, 0.15) is 51.9 Å². The highest BCUT2D eigenvalue weighted by atomic mass is 16.1. The zero-order chi connectivity index (χ0) is 10.9. The molecule has 0 aliphatic heterocycles. The second-order valence-electron chi connectivity index (χ2n) is 4.39. The van der Waals surface area contributed by atoms with Crippen molar-refractivity contribution in [2.24, 2.45) is 0 Å². The lowest BCUT2D eigenvalue weighted by Crippen LogP contribution is -2.32. The molecule has 0 spiro atoms. The summed E-state index contributed by atoms with van der Waals surface area (Å²) in [4.78, 5) is 11.3. The van der Waals surface area contributed by atoms with E-state index in [1.807, 2.05) is 0 Å². The molecule has 1 saturated carbocycles. The number of rotatable bonds is 7. The summed E-state index contributed by atoms with van der Waals surface area (Å²) in [5, 5.41) is 6.37. The Morgan fingerprint density at radius 2 is 2.00 bits per heavy atom. The van der Waals surface area contributed by atoms with Gasteiger partial charge in [-0.15, -0.1) is 0 Å². The molecule has 0 heterocycles. The van der Waals surface area contributed by atoms with Crippen LogP contribution in [0.2, 0.25) is 0 Å². The molecular weight excluding hydrogens is 188 g/mol. The Morgan fingerprint density at radius 1 is 1.27 bits per heavy atom. The van der Waals surface area contributed by atoms with Crippen molar-refractivity contribution in [2.75, 3.05) is 13.1 Å². The van der Waals surface area contributed by atoms with Gasteiger partial charge in [0.1, 0.15) is 0 Å². The zero-order valence-corrected chi connectivity index (χ0v) is 9.85. The third-order valence-corrected chi connectivity index (χ3v) is 2.99. The van der Waals surface area contributed by atoms with Crippen LogP contribution in [-0.4, -0.2) is 25.0 Å². The van der Waals surface area contributed by atoms with Gasteiger partial charge in [-0.05, 0) is 19.3 Å². The number of carbonyl (C=O) groups excluding carboxylic acids is 1. The quantitative estimate of drug-likeness (QED) is 0.632. The summed E-state index contributed by atoms with van der Waals surface area (Å²) in [6, 6.07) is 0.674. The molecule has 0 aromatic rings. The van der Waals surface area contributed by atoms with Gasteiger partial charge in [-0.3, -0.25) is 4.79 Å². The van der Waals surface area contributed by atoms with Crippen LogP contribution in [0.3, 0.4) is 0 Å². The Balaban J connectivity index is 1.91. The van der Waals surface area contributed by atoms with Crippen molar-refractivity contribution in [3.8, 4) is 0 Å². The van der Waals surface area contributed by atoms with Crippen molar-refractivity contribution >= 4 is 5.91 Å². The van der Waals surface area contributed by atoms with Crippen molar-refractivity contribution in [3.63, 3.8) is 0 Å². The molecule has 3 heteroatoms. The zero-order valence-electron chi connectivity index (χ0n) is 9.85. The van der Waals surface area contributed by atoms with Crippen LogP contribution in [0.25, 0.3) is 0 Å². The summed E-state index contributed by atoms with van der Waals surface area (Å²) in [5.74, 6) is 0.189. The molecule has 0 radical (unpaired) electrons. The van der Waals surface area contributed by atoms with Gasteiger partial charge in [0.25, 0.3) is 0 Å². The van der Waals surface area contributed by atoms with E-state index in [4.69, 9.17) is 0 Å². The molecule has 88 valence electrons. The van der Waals surface area contributed by atoms with Gasteiger partial charge in [0.05, 0.1) is 0 Å². The lowest BCUT2D eigenvalue weighted by Gasteiger charge is -2.11. The van der Waals surface area contributed by atoms with Crippen LogP contribution in [0.15, 0.2) is 0 Å². The molecule has 1 aliphatic carbocycles. The van der Waals surface area contributed by atoms with E-state index >= 15 is 0 Å². The first-order chi connectivity index (χ1) is 7.33. The third-order valence-electron chi connectivity index (χ3n) is 2.99. The Morgan fingerprint density at radius 3 is 2.67 bits per heavy atom. The lowest BCUT2D eigenvalue weighted by atomic mass is 10.2. The molecule has 2 N–H and O–H groups in total. The standard InChI is InChI=1S/C12H24N2O/c1-2-3-9-14-12(15)8-10-13-11-6-4-5-7-11/h11,13H,2-10H2,1H3,(H,14,15). The highest BCUT2D eigenvalue weighted by molar-refractivity contribution is 5.75. The molecule has 0 bridgehead atoms. The van der Waals surface area contributed by atoms with E-state index in [0.717, 1.165) is 25.9 Å². The number of unbranched alkanes of at least 4 members (excludes halogenated alkanes) is 1. The Bertz CT molecular complexity index is 176. The van der Waals surface area contributed by atoms with E-state index in [-0.39, 0.29) is 5.91 Å². The van der Waals surface area contributed by atoms with E-state index in [0.29, 0.717) is 12.5 Å². The molecule has 0 aromatic carbocycles. The predicted octanol–water partition coefficient (Wildman–Crippen LogP) is 1.82. The number of nitrogens with one attached hydrogen (secondary N) is 2. The molecule has 1 aliphatic rings. The van der Waals surface area contributed by atoms with Gasteiger partial charge < -0.3 is 10.6 Å². The van der Waals surface area contributed by atoms with Gasteiger partial charge >= 0.3 is 0 Å². The second-order valence-corrected chi connectivity index (χ2v) is 4.39. The van der Waals surface area contributed by atoms with Gasteiger partial charge in [-0.25, -0.2) is 0 Å². The summed E-state index contributed by atoms with van der Waals surface area (Å²) in [5.41, 5.74) is 0. The summed E-state index contributed by atoms with van der Waals surface area (Å²) >= 11 is 0. The largest absolute Gasteiger partial charge is 0.356 e. The smallest absolute Gasteiger partial charge is 0.221 e. The summed E-state index contributed by atoms with van der Waals surface area (Å²) in [6.07, 6.45) is 8.12. The molecular formula is C12H24N2O. The van der Waals surface area contributed by atoms with Gasteiger partial charge in [0.15, 0.2) is 0 Å². The molecule has 15 heavy (non-hydrogen) atoms. The average molecular weight is 212 g/mol. The van der Waals surface area contributed by atoms with Crippen molar-refractivity contribution in [2.45, 2.75) is 57.9 Å². The number of hydrogen-bond acceptors (Lipinski definition) is 2. The molecule has 1 amide bonds. The topological polar surface area (TPSA) is 41.1 Å².